The minimum atomic E-state index is -0.658. The Morgan fingerprint density at radius 3 is 2.64 bits per heavy atom. The smallest absolute Gasteiger partial charge is 0.265 e. The van der Waals surface area contributed by atoms with Gasteiger partial charge in [-0.05, 0) is 55.6 Å². The molecule has 5 heteroatoms. The largest absolute Gasteiger partial charge is 0.481 e. The van der Waals surface area contributed by atoms with Gasteiger partial charge < -0.3 is 10.1 Å². The third-order valence-electron chi connectivity index (χ3n) is 3.00. The highest BCUT2D eigenvalue weighted by atomic mass is 32.2. The molecule has 0 aromatic heterocycles. The number of carbonyl (C=O) groups excluding carboxylic acids is 1. The SMILES string of the molecule is CSc1ccc(NC(=O)C(C)Oc2cccc(C#N)c2)cc1. The van der Waals surface area contributed by atoms with Crippen LogP contribution in [-0.4, -0.2) is 18.3 Å². The number of ether oxygens (including phenoxy) is 1. The van der Waals surface area contributed by atoms with E-state index in [0.29, 0.717) is 11.3 Å². The summed E-state index contributed by atoms with van der Waals surface area (Å²) in [4.78, 5) is 13.3. The predicted octanol–water partition coefficient (Wildman–Crippen LogP) is 3.69. The lowest BCUT2D eigenvalue weighted by Crippen LogP contribution is -2.30. The van der Waals surface area contributed by atoms with E-state index in [1.54, 1.807) is 43.0 Å². The van der Waals surface area contributed by atoms with Gasteiger partial charge in [-0.1, -0.05) is 6.07 Å². The Kier molecular flexibility index (Phi) is 5.45. The Morgan fingerprint density at radius 2 is 2.00 bits per heavy atom. The first-order valence-corrected chi connectivity index (χ1v) is 7.96. The molecule has 2 rings (SSSR count). The van der Waals surface area contributed by atoms with Crippen LogP contribution in [0, 0.1) is 11.3 Å². The molecule has 1 N–H and O–H groups in total. The van der Waals surface area contributed by atoms with Crippen LogP contribution < -0.4 is 10.1 Å². The van der Waals surface area contributed by atoms with Gasteiger partial charge in [0.1, 0.15) is 5.75 Å². The highest BCUT2D eigenvalue weighted by molar-refractivity contribution is 7.98. The highest BCUT2D eigenvalue weighted by Gasteiger charge is 2.15. The molecular formula is C17H16N2O2S. The summed E-state index contributed by atoms with van der Waals surface area (Å²) < 4.78 is 5.57. The summed E-state index contributed by atoms with van der Waals surface area (Å²) in [5.41, 5.74) is 1.22. The van der Waals surface area contributed by atoms with Crippen molar-refractivity contribution in [2.45, 2.75) is 17.9 Å². The Hall–Kier alpha value is -2.45. The Balaban J connectivity index is 1.97. The number of hydrogen-bond acceptors (Lipinski definition) is 4. The van der Waals surface area contributed by atoms with Crippen LogP contribution >= 0.6 is 11.8 Å². The molecule has 2 aromatic rings. The quantitative estimate of drug-likeness (QED) is 0.855. The molecule has 0 bridgehead atoms. The standard InChI is InChI=1S/C17H16N2O2S/c1-12(21-15-5-3-4-13(10-15)11-18)17(20)19-14-6-8-16(22-2)9-7-14/h3-10,12H,1-2H3,(H,19,20). The zero-order valence-corrected chi connectivity index (χ0v) is 13.2. The fourth-order valence-electron chi connectivity index (χ4n) is 1.81. The molecule has 0 spiro atoms. The van der Waals surface area contributed by atoms with Crippen LogP contribution in [0.4, 0.5) is 5.69 Å². The van der Waals surface area contributed by atoms with Crippen molar-refractivity contribution in [2.24, 2.45) is 0 Å². The Labute approximate surface area is 134 Å². The third kappa shape index (κ3) is 4.27. The van der Waals surface area contributed by atoms with Crippen LogP contribution in [0.2, 0.25) is 0 Å². The van der Waals surface area contributed by atoms with Crippen LogP contribution in [0.5, 0.6) is 5.75 Å². The van der Waals surface area contributed by atoms with Crippen molar-refractivity contribution in [3.8, 4) is 11.8 Å². The van der Waals surface area contributed by atoms with Crippen LogP contribution in [0.25, 0.3) is 0 Å². The summed E-state index contributed by atoms with van der Waals surface area (Å²) in [5.74, 6) is 0.263. The molecule has 0 radical (unpaired) electrons. The van der Waals surface area contributed by atoms with Crippen LogP contribution in [0.1, 0.15) is 12.5 Å². The summed E-state index contributed by atoms with van der Waals surface area (Å²) in [5, 5.41) is 11.7. The lowest BCUT2D eigenvalue weighted by Gasteiger charge is -2.15. The first kappa shape index (κ1) is 15.9. The van der Waals surface area contributed by atoms with E-state index in [9.17, 15) is 4.79 Å². The van der Waals surface area contributed by atoms with Gasteiger partial charge in [0.2, 0.25) is 0 Å². The van der Waals surface area contributed by atoms with Crippen molar-refractivity contribution in [1.29, 1.82) is 5.26 Å². The number of hydrogen-bond donors (Lipinski definition) is 1. The van der Waals surface area contributed by atoms with Crippen LogP contribution in [0.15, 0.2) is 53.4 Å². The number of carbonyl (C=O) groups is 1. The van der Waals surface area contributed by atoms with Gasteiger partial charge >= 0.3 is 0 Å². The number of nitrogens with zero attached hydrogens (tertiary/aromatic N) is 1. The molecule has 22 heavy (non-hydrogen) atoms. The second-order valence-electron chi connectivity index (χ2n) is 4.62. The van der Waals surface area contributed by atoms with E-state index in [2.05, 4.69) is 5.32 Å². The van der Waals surface area contributed by atoms with Crippen LogP contribution in [0.3, 0.4) is 0 Å². The molecule has 1 amide bonds. The van der Waals surface area contributed by atoms with Crippen molar-refractivity contribution in [3.63, 3.8) is 0 Å². The molecule has 0 aliphatic heterocycles. The molecule has 0 saturated heterocycles. The number of nitrogens with one attached hydrogen (secondary N) is 1. The molecule has 0 fully saturated rings. The van der Waals surface area contributed by atoms with Gasteiger partial charge in [0, 0.05) is 10.6 Å². The molecule has 0 aliphatic carbocycles. The number of amides is 1. The normalized spacial score (nSPS) is 11.3. The average Bonchev–Trinajstić information content (AvgIpc) is 2.55. The Bertz CT molecular complexity index is 693. The maximum atomic E-state index is 12.1. The first-order valence-electron chi connectivity index (χ1n) is 6.74. The van der Waals surface area contributed by atoms with Gasteiger partial charge in [0.15, 0.2) is 6.10 Å². The van der Waals surface area contributed by atoms with Gasteiger partial charge in [-0.15, -0.1) is 11.8 Å². The average molecular weight is 312 g/mol. The van der Waals surface area contributed by atoms with E-state index in [-0.39, 0.29) is 5.91 Å². The molecule has 112 valence electrons. The molecule has 1 atom stereocenters. The number of nitriles is 1. The van der Waals surface area contributed by atoms with E-state index in [4.69, 9.17) is 10.00 Å². The maximum Gasteiger partial charge on any atom is 0.265 e. The summed E-state index contributed by atoms with van der Waals surface area (Å²) in [7, 11) is 0. The van der Waals surface area contributed by atoms with Crippen LogP contribution in [-0.2, 0) is 4.79 Å². The minimum Gasteiger partial charge on any atom is -0.481 e. The summed E-state index contributed by atoms with van der Waals surface area (Å²) in [6.45, 7) is 1.67. The summed E-state index contributed by atoms with van der Waals surface area (Å²) >= 11 is 1.64. The van der Waals surface area contributed by atoms with Gasteiger partial charge in [-0.3, -0.25) is 4.79 Å². The molecule has 4 nitrogen and oxygen atoms in total. The fraction of sp³-hybridized carbons (Fsp3) is 0.176. The predicted molar refractivity (Wildman–Crippen MR) is 88.1 cm³/mol. The number of benzene rings is 2. The Morgan fingerprint density at radius 1 is 1.27 bits per heavy atom. The second kappa shape index (κ2) is 7.53. The first-order chi connectivity index (χ1) is 10.6. The van der Waals surface area contributed by atoms with E-state index >= 15 is 0 Å². The third-order valence-corrected chi connectivity index (χ3v) is 3.75. The molecule has 1 unspecified atom stereocenters. The lowest BCUT2D eigenvalue weighted by molar-refractivity contribution is -0.122. The number of thioether (sulfide) groups is 1. The van der Waals surface area contributed by atoms with Crippen molar-refractivity contribution >= 4 is 23.4 Å². The molecular weight excluding hydrogens is 296 g/mol. The topological polar surface area (TPSA) is 62.1 Å². The number of rotatable bonds is 5. The minimum absolute atomic E-state index is 0.237. The molecule has 0 aliphatic rings. The monoisotopic (exact) mass is 312 g/mol. The van der Waals surface area contributed by atoms with Gasteiger partial charge in [-0.2, -0.15) is 5.26 Å². The maximum absolute atomic E-state index is 12.1. The van der Waals surface area contributed by atoms with Crippen molar-refractivity contribution in [1.82, 2.24) is 0 Å². The second-order valence-corrected chi connectivity index (χ2v) is 5.50. The number of anilines is 1. The van der Waals surface area contributed by atoms with E-state index in [1.165, 1.54) is 0 Å². The van der Waals surface area contributed by atoms with Gasteiger partial charge in [-0.25, -0.2) is 0 Å². The van der Waals surface area contributed by atoms with E-state index in [0.717, 1.165) is 10.6 Å². The van der Waals surface area contributed by atoms with E-state index in [1.807, 2.05) is 36.6 Å². The van der Waals surface area contributed by atoms with Gasteiger partial charge in [0.05, 0.1) is 11.6 Å². The zero-order valence-electron chi connectivity index (χ0n) is 12.4. The lowest BCUT2D eigenvalue weighted by atomic mass is 10.2. The highest BCUT2D eigenvalue weighted by Crippen LogP contribution is 2.18. The summed E-state index contributed by atoms with van der Waals surface area (Å²) in [6.07, 6.45) is 1.34. The summed E-state index contributed by atoms with van der Waals surface area (Å²) in [6, 6.07) is 16.4. The molecule has 2 aromatic carbocycles. The molecule has 0 heterocycles. The van der Waals surface area contributed by atoms with E-state index < -0.39 is 6.10 Å². The zero-order chi connectivity index (χ0) is 15.9. The fourth-order valence-corrected chi connectivity index (χ4v) is 2.22. The van der Waals surface area contributed by atoms with Gasteiger partial charge in [0.25, 0.3) is 5.91 Å². The molecule has 0 saturated carbocycles. The van der Waals surface area contributed by atoms with Crippen molar-refractivity contribution in [3.05, 3.63) is 54.1 Å². The van der Waals surface area contributed by atoms with Crippen molar-refractivity contribution in [2.75, 3.05) is 11.6 Å². The van der Waals surface area contributed by atoms with Crippen molar-refractivity contribution < 1.29 is 9.53 Å².